The first-order valence-electron chi connectivity index (χ1n) is 7.66. The van der Waals surface area contributed by atoms with Gasteiger partial charge in [-0.25, -0.2) is 0 Å². The van der Waals surface area contributed by atoms with Crippen molar-refractivity contribution in [2.75, 3.05) is 7.05 Å². The number of halogens is 1. The van der Waals surface area contributed by atoms with Crippen LogP contribution in [0.25, 0.3) is 11.0 Å². The largest absolute Gasteiger partial charge is 0.467 e. The molecule has 1 amide bonds. The van der Waals surface area contributed by atoms with E-state index in [1.54, 1.807) is 18.0 Å². The number of amides is 1. The van der Waals surface area contributed by atoms with Crippen LogP contribution < -0.4 is 5.73 Å². The molecule has 0 saturated heterocycles. The van der Waals surface area contributed by atoms with Crippen molar-refractivity contribution in [3.63, 3.8) is 0 Å². The van der Waals surface area contributed by atoms with Gasteiger partial charge in [0.25, 0.3) is 5.91 Å². The second-order valence-electron chi connectivity index (χ2n) is 5.52. The summed E-state index contributed by atoms with van der Waals surface area (Å²) < 4.78 is 11.1. The summed E-state index contributed by atoms with van der Waals surface area (Å²) in [5.41, 5.74) is 7.94. The van der Waals surface area contributed by atoms with E-state index in [0.717, 1.165) is 28.7 Å². The van der Waals surface area contributed by atoms with Crippen molar-refractivity contribution >= 4 is 29.3 Å². The molecule has 0 aliphatic heterocycles. The highest BCUT2D eigenvalue weighted by Gasteiger charge is 2.19. The van der Waals surface area contributed by atoms with Crippen molar-refractivity contribution in [3.05, 3.63) is 59.2 Å². The minimum Gasteiger partial charge on any atom is -0.467 e. The average Bonchev–Trinajstić information content (AvgIpc) is 3.19. The maximum atomic E-state index is 12.5. The van der Waals surface area contributed by atoms with E-state index in [2.05, 4.69) is 0 Å². The number of hydrogen-bond donors (Lipinski definition) is 1. The summed E-state index contributed by atoms with van der Waals surface area (Å²) in [5.74, 6) is 1.42. The fourth-order valence-electron chi connectivity index (χ4n) is 2.74. The maximum absolute atomic E-state index is 12.5. The topological polar surface area (TPSA) is 72.6 Å². The standard InChI is InChI=1S/C18H20N2O3.ClH/c1-3-16-15(14-6-4-5-7-17(14)23-16)10-20(2)18(21)12-8-13(9-19)22-11-12;/h4-8,11H,3,9-10,19H2,1-2H3;1H. The molecule has 0 spiro atoms. The third kappa shape index (κ3) is 3.32. The molecule has 3 aromatic rings. The van der Waals surface area contributed by atoms with Crippen LogP contribution in [0.15, 0.2) is 45.4 Å². The van der Waals surface area contributed by atoms with Gasteiger partial charge in [-0.05, 0) is 12.1 Å². The Bertz CT molecular complexity index is 838. The van der Waals surface area contributed by atoms with E-state index in [0.29, 0.717) is 17.9 Å². The van der Waals surface area contributed by atoms with E-state index in [1.165, 1.54) is 6.26 Å². The van der Waals surface area contributed by atoms with E-state index in [-0.39, 0.29) is 24.9 Å². The van der Waals surface area contributed by atoms with Gasteiger partial charge in [-0.1, -0.05) is 25.1 Å². The molecular weight excluding hydrogens is 328 g/mol. The zero-order valence-corrected chi connectivity index (χ0v) is 14.6. The Morgan fingerprint density at radius 3 is 2.71 bits per heavy atom. The monoisotopic (exact) mass is 348 g/mol. The van der Waals surface area contributed by atoms with Crippen LogP contribution in [-0.2, 0) is 19.5 Å². The van der Waals surface area contributed by atoms with Gasteiger partial charge in [-0.3, -0.25) is 4.79 Å². The first-order chi connectivity index (χ1) is 11.1. The van der Waals surface area contributed by atoms with Crippen LogP contribution >= 0.6 is 12.4 Å². The second-order valence-corrected chi connectivity index (χ2v) is 5.52. The van der Waals surface area contributed by atoms with Crippen LogP contribution in [0.4, 0.5) is 0 Å². The first kappa shape index (κ1) is 18.1. The summed E-state index contributed by atoms with van der Waals surface area (Å²) >= 11 is 0. The number of rotatable bonds is 5. The predicted molar refractivity (Wildman–Crippen MR) is 95.2 cm³/mol. The molecule has 5 nitrogen and oxygen atoms in total. The third-order valence-electron chi connectivity index (χ3n) is 3.95. The zero-order valence-electron chi connectivity index (χ0n) is 13.7. The lowest BCUT2D eigenvalue weighted by molar-refractivity contribution is 0.0784. The predicted octanol–water partition coefficient (Wildman–Crippen LogP) is 3.74. The Balaban J connectivity index is 0.00000208. The Morgan fingerprint density at radius 2 is 2.04 bits per heavy atom. The molecular formula is C18H21ClN2O3. The van der Waals surface area contributed by atoms with Crippen LogP contribution in [0, 0.1) is 0 Å². The number of para-hydroxylation sites is 1. The maximum Gasteiger partial charge on any atom is 0.257 e. The minimum absolute atomic E-state index is 0. The molecule has 24 heavy (non-hydrogen) atoms. The highest BCUT2D eigenvalue weighted by Crippen LogP contribution is 2.27. The summed E-state index contributed by atoms with van der Waals surface area (Å²) in [4.78, 5) is 14.2. The molecule has 0 atom stereocenters. The number of aryl methyl sites for hydroxylation is 1. The summed E-state index contributed by atoms with van der Waals surface area (Å²) in [7, 11) is 1.78. The number of nitrogens with zero attached hydrogens (tertiary/aromatic N) is 1. The van der Waals surface area contributed by atoms with Crippen LogP contribution in [0.1, 0.15) is 34.4 Å². The Hall–Kier alpha value is -2.24. The number of benzene rings is 1. The highest BCUT2D eigenvalue weighted by molar-refractivity contribution is 5.94. The summed E-state index contributed by atoms with van der Waals surface area (Å²) in [6.07, 6.45) is 2.24. The molecule has 0 bridgehead atoms. The van der Waals surface area contributed by atoms with Gasteiger partial charge in [0.15, 0.2) is 0 Å². The van der Waals surface area contributed by atoms with Gasteiger partial charge in [0.1, 0.15) is 23.4 Å². The van der Waals surface area contributed by atoms with Gasteiger partial charge >= 0.3 is 0 Å². The molecule has 0 unspecified atom stereocenters. The van der Waals surface area contributed by atoms with Crippen molar-refractivity contribution in [2.24, 2.45) is 5.73 Å². The Morgan fingerprint density at radius 1 is 1.29 bits per heavy atom. The van der Waals surface area contributed by atoms with E-state index in [1.807, 2.05) is 31.2 Å². The number of hydrogen-bond acceptors (Lipinski definition) is 4. The average molecular weight is 349 g/mol. The molecule has 1 aromatic carbocycles. The van der Waals surface area contributed by atoms with E-state index >= 15 is 0 Å². The van der Waals surface area contributed by atoms with E-state index < -0.39 is 0 Å². The summed E-state index contributed by atoms with van der Waals surface area (Å²) in [6.45, 7) is 2.82. The van der Waals surface area contributed by atoms with Gasteiger partial charge in [-0.2, -0.15) is 0 Å². The fourth-order valence-corrected chi connectivity index (χ4v) is 2.74. The lowest BCUT2D eigenvalue weighted by atomic mass is 10.1. The first-order valence-corrected chi connectivity index (χ1v) is 7.66. The normalized spacial score (nSPS) is 10.6. The van der Waals surface area contributed by atoms with Crippen LogP contribution in [0.3, 0.4) is 0 Å². The molecule has 3 rings (SSSR count). The molecule has 0 radical (unpaired) electrons. The van der Waals surface area contributed by atoms with Gasteiger partial charge in [0, 0.05) is 31.0 Å². The Kier molecular flexibility index (Phi) is 5.70. The Labute approximate surface area is 146 Å². The van der Waals surface area contributed by atoms with E-state index in [9.17, 15) is 4.79 Å². The molecule has 6 heteroatoms. The van der Waals surface area contributed by atoms with Crippen LogP contribution in [-0.4, -0.2) is 17.9 Å². The molecule has 2 heterocycles. The minimum atomic E-state index is -0.0965. The number of furan rings is 2. The smallest absolute Gasteiger partial charge is 0.257 e. The molecule has 0 saturated carbocycles. The van der Waals surface area contributed by atoms with Crippen molar-refractivity contribution < 1.29 is 13.6 Å². The summed E-state index contributed by atoms with van der Waals surface area (Å²) in [5, 5.41) is 1.05. The van der Waals surface area contributed by atoms with Crippen molar-refractivity contribution in [3.8, 4) is 0 Å². The molecule has 0 fully saturated rings. The van der Waals surface area contributed by atoms with Gasteiger partial charge in [0.2, 0.25) is 0 Å². The number of carbonyl (C=O) groups excluding carboxylic acids is 1. The molecule has 0 aliphatic rings. The second kappa shape index (κ2) is 7.55. The SMILES string of the molecule is CCc1oc2ccccc2c1CN(C)C(=O)c1coc(CN)c1.Cl. The fraction of sp³-hybridized carbons (Fsp3) is 0.278. The molecule has 2 N–H and O–H groups in total. The summed E-state index contributed by atoms with van der Waals surface area (Å²) in [6, 6.07) is 9.59. The lowest BCUT2D eigenvalue weighted by Gasteiger charge is -2.16. The zero-order chi connectivity index (χ0) is 16.4. The third-order valence-corrected chi connectivity index (χ3v) is 3.95. The number of carbonyl (C=O) groups is 1. The molecule has 2 aromatic heterocycles. The highest BCUT2D eigenvalue weighted by atomic mass is 35.5. The lowest BCUT2D eigenvalue weighted by Crippen LogP contribution is -2.26. The van der Waals surface area contributed by atoms with Crippen molar-refractivity contribution in [1.82, 2.24) is 4.90 Å². The van der Waals surface area contributed by atoms with Gasteiger partial charge in [0.05, 0.1) is 12.1 Å². The number of nitrogens with two attached hydrogens (primary N) is 1. The molecule has 128 valence electrons. The van der Waals surface area contributed by atoms with Crippen molar-refractivity contribution in [1.29, 1.82) is 0 Å². The van der Waals surface area contributed by atoms with Crippen LogP contribution in [0.5, 0.6) is 0 Å². The van der Waals surface area contributed by atoms with Crippen molar-refractivity contribution in [2.45, 2.75) is 26.4 Å². The van der Waals surface area contributed by atoms with Crippen LogP contribution in [0.2, 0.25) is 0 Å². The van der Waals surface area contributed by atoms with Gasteiger partial charge in [-0.15, -0.1) is 12.4 Å². The molecule has 0 aliphatic carbocycles. The quantitative estimate of drug-likeness (QED) is 0.762. The number of fused-ring (bicyclic) bond motifs is 1. The van der Waals surface area contributed by atoms with E-state index in [4.69, 9.17) is 14.6 Å². The van der Waals surface area contributed by atoms with Gasteiger partial charge < -0.3 is 19.5 Å².